The van der Waals surface area contributed by atoms with Crippen molar-refractivity contribution in [2.45, 2.75) is 6.42 Å². The van der Waals surface area contributed by atoms with Crippen molar-refractivity contribution in [3.63, 3.8) is 0 Å². The third kappa shape index (κ3) is 4.25. The van der Waals surface area contributed by atoms with E-state index in [1.54, 1.807) is 26.5 Å². The molecule has 0 saturated heterocycles. The minimum atomic E-state index is -0.185. The first-order valence-corrected chi connectivity index (χ1v) is 11.9. The van der Waals surface area contributed by atoms with Crippen LogP contribution >= 0.6 is 0 Å². The summed E-state index contributed by atoms with van der Waals surface area (Å²) >= 11 is 0. The van der Waals surface area contributed by atoms with E-state index in [-0.39, 0.29) is 5.91 Å². The average Bonchev–Trinajstić information content (AvgIpc) is 3.41. The van der Waals surface area contributed by atoms with E-state index in [0.29, 0.717) is 46.6 Å². The lowest BCUT2D eigenvalue weighted by atomic mass is 10.1. The van der Waals surface area contributed by atoms with Gasteiger partial charge >= 0.3 is 0 Å². The maximum atomic E-state index is 12.9. The van der Waals surface area contributed by atoms with Gasteiger partial charge in [0.2, 0.25) is 0 Å². The van der Waals surface area contributed by atoms with E-state index in [1.807, 2.05) is 66.7 Å². The second-order valence-electron chi connectivity index (χ2n) is 8.71. The molecule has 0 saturated carbocycles. The molecule has 1 aliphatic rings. The third-order valence-corrected chi connectivity index (χ3v) is 6.46. The van der Waals surface area contributed by atoms with Crippen LogP contribution in [-0.2, 0) is 6.42 Å². The van der Waals surface area contributed by atoms with Crippen molar-refractivity contribution in [2.24, 2.45) is 0 Å². The summed E-state index contributed by atoms with van der Waals surface area (Å²) in [5.74, 6) is 3.05. The van der Waals surface area contributed by atoms with E-state index < -0.39 is 0 Å². The number of aromatic nitrogens is 1. The number of hydrogen-bond donors (Lipinski definition) is 1. The fraction of sp³-hybridized carbons (Fsp3) is 0.133. The number of anilines is 1. The molecule has 2 heterocycles. The van der Waals surface area contributed by atoms with Crippen molar-refractivity contribution < 1.29 is 23.7 Å². The van der Waals surface area contributed by atoms with Gasteiger partial charge in [-0.1, -0.05) is 24.3 Å². The lowest BCUT2D eigenvalue weighted by molar-refractivity contribution is 0.102. The van der Waals surface area contributed by atoms with Crippen LogP contribution in [0.25, 0.3) is 21.7 Å². The van der Waals surface area contributed by atoms with Crippen molar-refractivity contribution in [1.29, 1.82) is 0 Å². The maximum Gasteiger partial charge on any atom is 0.259 e. The quantitative estimate of drug-likeness (QED) is 0.296. The van der Waals surface area contributed by atoms with Gasteiger partial charge in [-0.25, -0.2) is 0 Å². The number of pyridine rings is 1. The molecule has 184 valence electrons. The fourth-order valence-electron chi connectivity index (χ4n) is 4.62. The van der Waals surface area contributed by atoms with Gasteiger partial charge in [0.1, 0.15) is 17.2 Å². The topological polar surface area (TPSA) is 78.9 Å². The van der Waals surface area contributed by atoms with E-state index in [1.165, 1.54) is 0 Å². The van der Waals surface area contributed by atoms with Crippen molar-refractivity contribution in [3.05, 3.63) is 90.1 Å². The highest BCUT2D eigenvalue weighted by molar-refractivity contribution is 6.07. The Hall–Kier alpha value is -4.78. The predicted octanol–water partition coefficient (Wildman–Crippen LogP) is 6.38. The molecule has 6 rings (SSSR count). The van der Waals surface area contributed by atoms with Gasteiger partial charge in [0.05, 0.1) is 31.9 Å². The molecule has 7 nitrogen and oxygen atoms in total. The number of methoxy groups -OCH3 is 2. The number of ether oxygens (including phenoxy) is 4. The average molecular weight is 493 g/mol. The molecule has 37 heavy (non-hydrogen) atoms. The molecule has 7 heteroatoms. The largest absolute Gasteiger partial charge is 0.493 e. The molecular formula is C30H24N2O5. The fourth-order valence-corrected chi connectivity index (χ4v) is 4.62. The highest BCUT2D eigenvalue weighted by atomic mass is 16.5. The number of nitrogens with one attached hydrogen (secondary N) is 1. The van der Waals surface area contributed by atoms with Crippen molar-refractivity contribution in [2.75, 3.05) is 26.1 Å². The van der Waals surface area contributed by atoms with Crippen LogP contribution in [0.2, 0.25) is 0 Å². The summed E-state index contributed by atoms with van der Waals surface area (Å²) in [7, 11) is 3.19. The van der Waals surface area contributed by atoms with Crippen LogP contribution in [0.4, 0.5) is 5.69 Å². The molecule has 0 fully saturated rings. The molecule has 0 radical (unpaired) electrons. The van der Waals surface area contributed by atoms with Gasteiger partial charge in [-0.05, 0) is 58.8 Å². The Labute approximate surface area is 213 Å². The molecule has 0 atom stereocenters. The molecule has 0 aliphatic carbocycles. The van der Waals surface area contributed by atoms with Gasteiger partial charge in [-0.2, -0.15) is 0 Å². The number of hydrogen-bond acceptors (Lipinski definition) is 6. The van der Waals surface area contributed by atoms with Gasteiger partial charge in [0, 0.05) is 29.8 Å². The van der Waals surface area contributed by atoms with E-state index in [9.17, 15) is 4.79 Å². The Morgan fingerprint density at radius 3 is 2.57 bits per heavy atom. The number of para-hydroxylation sites is 1. The van der Waals surface area contributed by atoms with Crippen LogP contribution in [0.1, 0.15) is 15.9 Å². The van der Waals surface area contributed by atoms with Gasteiger partial charge in [-0.3, -0.25) is 9.78 Å². The van der Waals surface area contributed by atoms with Crippen molar-refractivity contribution >= 4 is 33.3 Å². The number of carbonyl (C=O) groups excluding carboxylic acids is 1. The molecule has 1 N–H and O–H groups in total. The standard InChI is InChI=1S/C30H24N2O5/c1-34-27-16-24-25(17-28(27)35-2)31-12-10-26(24)37-22-9-7-19-14-21(8-6-20(19)15-22)32-30(33)23-5-3-4-18-11-13-36-29(18)23/h3-10,12,14-17H,11,13H2,1-2H3,(H,32,33). The lowest BCUT2D eigenvalue weighted by Gasteiger charge is -2.13. The van der Waals surface area contributed by atoms with E-state index in [0.717, 1.165) is 33.7 Å². The number of amides is 1. The molecule has 4 aromatic carbocycles. The van der Waals surface area contributed by atoms with Crippen LogP contribution < -0.4 is 24.3 Å². The maximum absolute atomic E-state index is 12.9. The zero-order chi connectivity index (χ0) is 25.4. The van der Waals surface area contributed by atoms with Crippen LogP contribution in [0, 0.1) is 0 Å². The summed E-state index contributed by atoms with van der Waals surface area (Å²) in [6, 6.07) is 22.8. The zero-order valence-electron chi connectivity index (χ0n) is 20.4. The number of benzene rings is 4. The second-order valence-corrected chi connectivity index (χ2v) is 8.71. The molecule has 0 bridgehead atoms. The first-order valence-electron chi connectivity index (χ1n) is 11.9. The Morgan fingerprint density at radius 1 is 0.892 bits per heavy atom. The molecule has 1 aliphatic heterocycles. The lowest BCUT2D eigenvalue weighted by Crippen LogP contribution is -2.13. The van der Waals surface area contributed by atoms with Crippen LogP contribution in [0.15, 0.2) is 79.0 Å². The van der Waals surface area contributed by atoms with E-state index in [2.05, 4.69) is 10.3 Å². The number of rotatable bonds is 6. The summed E-state index contributed by atoms with van der Waals surface area (Å²) in [5.41, 5.74) is 3.07. The summed E-state index contributed by atoms with van der Waals surface area (Å²) < 4.78 is 22.8. The Balaban J connectivity index is 1.25. The van der Waals surface area contributed by atoms with E-state index in [4.69, 9.17) is 18.9 Å². The summed E-state index contributed by atoms with van der Waals surface area (Å²) in [6.45, 7) is 0.608. The minimum absolute atomic E-state index is 0.185. The molecule has 0 spiro atoms. The van der Waals surface area contributed by atoms with Crippen LogP contribution in [0.5, 0.6) is 28.7 Å². The van der Waals surface area contributed by atoms with Gasteiger partial charge in [-0.15, -0.1) is 0 Å². The third-order valence-electron chi connectivity index (χ3n) is 6.46. The minimum Gasteiger partial charge on any atom is -0.493 e. The molecule has 1 aromatic heterocycles. The van der Waals surface area contributed by atoms with E-state index >= 15 is 0 Å². The van der Waals surface area contributed by atoms with Crippen molar-refractivity contribution in [1.82, 2.24) is 4.98 Å². The summed E-state index contributed by atoms with van der Waals surface area (Å²) in [5, 5.41) is 5.77. The molecule has 1 amide bonds. The SMILES string of the molecule is COc1cc2nccc(Oc3ccc4cc(NC(=O)c5cccc6c5OCC6)ccc4c3)c2cc1OC. The second kappa shape index (κ2) is 9.35. The monoisotopic (exact) mass is 492 g/mol. The number of nitrogens with zero attached hydrogens (tertiary/aromatic N) is 1. The highest BCUT2D eigenvalue weighted by Gasteiger charge is 2.20. The van der Waals surface area contributed by atoms with Crippen molar-refractivity contribution in [3.8, 4) is 28.7 Å². The normalized spacial score (nSPS) is 12.2. The van der Waals surface area contributed by atoms with Crippen LogP contribution in [0.3, 0.4) is 0 Å². The van der Waals surface area contributed by atoms with Gasteiger partial charge < -0.3 is 24.3 Å². The molecule has 5 aromatic rings. The highest BCUT2D eigenvalue weighted by Crippen LogP contribution is 2.37. The molecular weight excluding hydrogens is 468 g/mol. The Bertz CT molecular complexity index is 1660. The van der Waals surface area contributed by atoms with Crippen LogP contribution in [-0.4, -0.2) is 31.7 Å². The number of fused-ring (bicyclic) bond motifs is 3. The summed E-state index contributed by atoms with van der Waals surface area (Å²) in [6.07, 6.45) is 2.53. The first-order chi connectivity index (χ1) is 18.1. The summed E-state index contributed by atoms with van der Waals surface area (Å²) in [4.78, 5) is 17.4. The van der Waals surface area contributed by atoms with Gasteiger partial charge in [0.25, 0.3) is 5.91 Å². The Kier molecular flexibility index (Phi) is 5.73. The number of carbonyl (C=O) groups is 1. The predicted molar refractivity (Wildman–Crippen MR) is 142 cm³/mol. The zero-order valence-corrected chi connectivity index (χ0v) is 20.4. The Morgan fingerprint density at radius 2 is 1.70 bits per heavy atom. The first kappa shape index (κ1) is 22.7. The van der Waals surface area contributed by atoms with Gasteiger partial charge in [0.15, 0.2) is 11.5 Å². The molecule has 0 unspecified atom stereocenters. The smallest absolute Gasteiger partial charge is 0.259 e.